The molecule has 0 saturated heterocycles. The van der Waals surface area contributed by atoms with Crippen LogP contribution in [0.4, 0.5) is 5.69 Å². The Kier molecular flexibility index (Phi) is 4.66. The van der Waals surface area contributed by atoms with Crippen molar-refractivity contribution in [2.45, 2.75) is 31.0 Å². The molecule has 0 radical (unpaired) electrons. The molecule has 1 aromatic heterocycles. The van der Waals surface area contributed by atoms with Crippen molar-refractivity contribution in [1.29, 1.82) is 0 Å². The highest BCUT2D eigenvalue weighted by atomic mass is 32.2. The summed E-state index contributed by atoms with van der Waals surface area (Å²) in [5, 5.41) is 4.64. The number of ether oxygens (including phenoxy) is 2. The molecule has 2 heterocycles. The van der Waals surface area contributed by atoms with Crippen molar-refractivity contribution in [2.75, 3.05) is 12.1 Å². The number of nitrogens with one attached hydrogen (secondary N) is 1. The van der Waals surface area contributed by atoms with Gasteiger partial charge in [-0.05, 0) is 50.1 Å². The third-order valence-corrected chi connectivity index (χ3v) is 5.55. The zero-order valence-electron chi connectivity index (χ0n) is 15.4. The van der Waals surface area contributed by atoms with Crippen LogP contribution in [0.1, 0.15) is 18.1 Å². The number of aryl methyl sites for hydroxylation is 2. The van der Waals surface area contributed by atoms with Crippen molar-refractivity contribution in [2.24, 2.45) is 0 Å². The van der Waals surface area contributed by atoms with Crippen LogP contribution in [0.5, 0.6) is 11.5 Å². The molecular formula is C21H20N2O3S. The molecule has 4 rings (SSSR count). The molecule has 3 aromatic rings. The highest BCUT2D eigenvalue weighted by molar-refractivity contribution is 8.00. The van der Waals surface area contributed by atoms with Gasteiger partial charge in [-0.15, -0.1) is 0 Å². The van der Waals surface area contributed by atoms with Crippen LogP contribution in [0.3, 0.4) is 0 Å². The fraction of sp³-hybridized carbons (Fsp3) is 0.238. The minimum Gasteiger partial charge on any atom is -0.454 e. The van der Waals surface area contributed by atoms with E-state index >= 15 is 0 Å². The normalized spacial score (nSPS) is 13.6. The van der Waals surface area contributed by atoms with E-state index in [0.29, 0.717) is 17.2 Å². The summed E-state index contributed by atoms with van der Waals surface area (Å²) >= 11 is 1.45. The van der Waals surface area contributed by atoms with E-state index in [0.717, 1.165) is 27.1 Å². The number of rotatable bonds is 4. The van der Waals surface area contributed by atoms with E-state index in [9.17, 15) is 4.79 Å². The number of carbonyl (C=O) groups is 1. The van der Waals surface area contributed by atoms with E-state index in [1.807, 2.05) is 25.1 Å². The summed E-state index contributed by atoms with van der Waals surface area (Å²) in [6.07, 6.45) is 0. The van der Waals surface area contributed by atoms with Gasteiger partial charge in [0.1, 0.15) is 0 Å². The van der Waals surface area contributed by atoms with Crippen LogP contribution in [0, 0.1) is 13.8 Å². The highest BCUT2D eigenvalue weighted by Gasteiger charge is 2.19. The number of pyridine rings is 1. The number of hydrogen-bond donors (Lipinski definition) is 1. The molecule has 1 atom stereocenters. The number of aromatic nitrogens is 1. The molecule has 0 fully saturated rings. The first kappa shape index (κ1) is 17.7. The van der Waals surface area contributed by atoms with Gasteiger partial charge < -0.3 is 14.8 Å². The lowest BCUT2D eigenvalue weighted by Crippen LogP contribution is -2.22. The molecular weight excluding hydrogens is 360 g/mol. The molecule has 5 nitrogen and oxygen atoms in total. The van der Waals surface area contributed by atoms with Crippen LogP contribution in [0.15, 0.2) is 47.5 Å². The summed E-state index contributed by atoms with van der Waals surface area (Å²) in [7, 11) is 0. The Morgan fingerprint density at radius 3 is 2.78 bits per heavy atom. The SMILES string of the molecule is Cc1cc(S[C@@H](C)C(=O)Nc2ccc3c(c2)OCO3)nc2c(C)cccc12. The number of para-hydroxylation sites is 1. The second-order valence-electron chi connectivity index (χ2n) is 6.57. The maximum atomic E-state index is 12.6. The maximum Gasteiger partial charge on any atom is 0.237 e. The molecule has 1 N–H and O–H groups in total. The Hall–Kier alpha value is -2.73. The van der Waals surface area contributed by atoms with Gasteiger partial charge in [0.05, 0.1) is 15.8 Å². The van der Waals surface area contributed by atoms with Crippen LogP contribution in [0.2, 0.25) is 0 Å². The molecule has 0 saturated carbocycles. The summed E-state index contributed by atoms with van der Waals surface area (Å²) in [6, 6.07) is 13.6. The monoisotopic (exact) mass is 380 g/mol. The number of anilines is 1. The molecule has 1 amide bonds. The predicted octanol–water partition coefficient (Wildman–Crippen LogP) is 4.70. The number of fused-ring (bicyclic) bond motifs is 2. The summed E-state index contributed by atoms with van der Waals surface area (Å²) in [6.45, 7) is 6.22. The first-order valence-corrected chi connectivity index (χ1v) is 9.63. The van der Waals surface area contributed by atoms with Gasteiger partial charge >= 0.3 is 0 Å². The number of carbonyl (C=O) groups excluding carboxylic acids is 1. The van der Waals surface area contributed by atoms with Gasteiger partial charge in [0.2, 0.25) is 12.7 Å². The van der Waals surface area contributed by atoms with Crippen LogP contribution < -0.4 is 14.8 Å². The summed E-state index contributed by atoms with van der Waals surface area (Å²) < 4.78 is 10.6. The van der Waals surface area contributed by atoms with E-state index < -0.39 is 0 Å². The largest absolute Gasteiger partial charge is 0.454 e. The molecule has 0 spiro atoms. The summed E-state index contributed by atoms with van der Waals surface area (Å²) in [5.74, 6) is 1.26. The molecule has 138 valence electrons. The van der Waals surface area contributed by atoms with E-state index in [1.54, 1.807) is 12.1 Å². The lowest BCUT2D eigenvalue weighted by Gasteiger charge is -2.13. The Labute approximate surface area is 162 Å². The van der Waals surface area contributed by atoms with Gasteiger partial charge in [0, 0.05) is 17.1 Å². The van der Waals surface area contributed by atoms with Gasteiger partial charge in [-0.3, -0.25) is 4.79 Å². The quantitative estimate of drug-likeness (QED) is 0.665. The van der Waals surface area contributed by atoms with Crippen LogP contribution in [-0.4, -0.2) is 22.9 Å². The average Bonchev–Trinajstić information content (AvgIpc) is 3.10. The summed E-state index contributed by atoms with van der Waals surface area (Å²) in [5.41, 5.74) is 3.98. The maximum absolute atomic E-state index is 12.6. The molecule has 27 heavy (non-hydrogen) atoms. The van der Waals surface area contributed by atoms with E-state index in [-0.39, 0.29) is 18.0 Å². The van der Waals surface area contributed by atoms with Crippen molar-refractivity contribution in [3.8, 4) is 11.5 Å². The average molecular weight is 380 g/mol. The Bertz CT molecular complexity index is 1040. The third kappa shape index (κ3) is 3.57. The molecule has 1 aliphatic heterocycles. The smallest absolute Gasteiger partial charge is 0.237 e. The van der Waals surface area contributed by atoms with Crippen molar-refractivity contribution < 1.29 is 14.3 Å². The topological polar surface area (TPSA) is 60.5 Å². The number of amides is 1. The number of thioether (sulfide) groups is 1. The molecule has 0 unspecified atom stereocenters. The number of nitrogens with zero attached hydrogens (tertiary/aromatic N) is 1. The second kappa shape index (κ2) is 7.12. The Balaban J connectivity index is 1.50. The lowest BCUT2D eigenvalue weighted by molar-refractivity contribution is -0.115. The first-order chi connectivity index (χ1) is 13.0. The van der Waals surface area contributed by atoms with E-state index in [4.69, 9.17) is 14.5 Å². The fourth-order valence-corrected chi connectivity index (χ4v) is 3.96. The molecule has 1 aliphatic rings. The molecule has 6 heteroatoms. The van der Waals surface area contributed by atoms with Crippen molar-refractivity contribution in [3.63, 3.8) is 0 Å². The van der Waals surface area contributed by atoms with Crippen molar-refractivity contribution >= 4 is 34.3 Å². The zero-order chi connectivity index (χ0) is 19.0. The highest BCUT2D eigenvalue weighted by Crippen LogP contribution is 2.34. The number of hydrogen-bond acceptors (Lipinski definition) is 5. The third-order valence-electron chi connectivity index (χ3n) is 4.53. The van der Waals surface area contributed by atoms with Gasteiger partial charge in [-0.25, -0.2) is 4.98 Å². The van der Waals surface area contributed by atoms with Gasteiger partial charge in [-0.1, -0.05) is 30.0 Å². The summed E-state index contributed by atoms with van der Waals surface area (Å²) in [4.78, 5) is 17.4. The van der Waals surface area contributed by atoms with Gasteiger partial charge in [0.15, 0.2) is 11.5 Å². The first-order valence-electron chi connectivity index (χ1n) is 8.75. The molecule has 2 aromatic carbocycles. The van der Waals surface area contributed by atoms with Gasteiger partial charge in [-0.2, -0.15) is 0 Å². The zero-order valence-corrected chi connectivity index (χ0v) is 16.2. The van der Waals surface area contributed by atoms with E-state index in [1.165, 1.54) is 11.8 Å². The van der Waals surface area contributed by atoms with E-state index in [2.05, 4.69) is 31.3 Å². The van der Waals surface area contributed by atoms with Gasteiger partial charge in [0.25, 0.3) is 0 Å². The Morgan fingerprint density at radius 2 is 1.93 bits per heavy atom. The van der Waals surface area contributed by atoms with Crippen molar-refractivity contribution in [3.05, 3.63) is 53.6 Å². The minimum absolute atomic E-state index is 0.0804. The standard InChI is InChI=1S/C21H20N2O3S/c1-12-5-4-6-16-13(2)9-19(23-20(12)16)27-14(3)21(24)22-15-7-8-17-18(10-15)26-11-25-17/h4-10,14H,11H2,1-3H3,(H,22,24)/t14-/m0/s1. The molecule has 0 aliphatic carbocycles. The van der Waals surface area contributed by atoms with Crippen molar-refractivity contribution in [1.82, 2.24) is 4.98 Å². The Morgan fingerprint density at radius 1 is 1.11 bits per heavy atom. The van der Waals surface area contributed by atoms with Crippen LogP contribution >= 0.6 is 11.8 Å². The second-order valence-corrected chi connectivity index (χ2v) is 7.93. The lowest BCUT2D eigenvalue weighted by atomic mass is 10.1. The predicted molar refractivity (Wildman–Crippen MR) is 108 cm³/mol. The van der Waals surface area contributed by atoms with Crippen LogP contribution in [-0.2, 0) is 4.79 Å². The molecule has 0 bridgehead atoms. The minimum atomic E-state index is -0.288. The number of benzene rings is 2. The fourth-order valence-electron chi connectivity index (χ4n) is 3.04. The van der Waals surface area contributed by atoms with Crippen LogP contribution in [0.25, 0.3) is 10.9 Å².